The molecular weight excluding hydrogens is 467 g/mol. The molecule has 1 atom stereocenters. The van der Waals surface area contributed by atoms with E-state index >= 15 is 0 Å². The summed E-state index contributed by atoms with van der Waals surface area (Å²) >= 11 is 1.26. The molecular formula is C27H21FN2O4S. The second-order valence-corrected chi connectivity index (χ2v) is 9.15. The van der Waals surface area contributed by atoms with E-state index < -0.39 is 23.5 Å². The molecule has 8 heteroatoms. The van der Waals surface area contributed by atoms with Gasteiger partial charge in [-0.3, -0.25) is 14.5 Å². The Morgan fingerprint density at radius 3 is 2.49 bits per heavy atom. The Morgan fingerprint density at radius 2 is 1.80 bits per heavy atom. The van der Waals surface area contributed by atoms with Gasteiger partial charge in [-0.15, -0.1) is 0 Å². The maximum Gasteiger partial charge on any atom is 0.301 e. The number of hydrogen-bond acceptors (Lipinski definition) is 6. The van der Waals surface area contributed by atoms with Gasteiger partial charge in [0.05, 0.1) is 28.4 Å². The van der Waals surface area contributed by atoms with Crippen LogP contribution in [0.25, 0.3) is 16.0 Å². The van der Waals surface area contributed by atoms with E-state index in [0.717, 1.165) is 10.3 Å². The van der Waals surface area contributed by atoms with E-state index in [0.29, 0.717) is 28.6 Å². The molecule has 0 aliphatic carbocycles. The number of ether oxygens (including phenoxy) is 1. The topological polar surface area (TPSA) is 79.7 Å². The summed E-state index contributed by atoms with van der Waals surface area (Å²) in [5.74, 6) is -1.77. The molecule has 0 saturated carbocycles. The zero-order chi connectivity index (χ0) is 24.7. The van der Waals surface area contributed by atoms with Gasteiger partial charge in [-0.25, -0.2) is 9.37 Å². The van der Waals surface area contributed by atoms with Gasteiger partial charge in [-0.05, 0) is 61.9 Å². The molecule has 1 aliphatic heterocycles. The fourth-order valence-electron chi connectivity index (χ4n) is 4.11. The first kappa shape index (κ1) is 22.7. The molecule has 2 heterocycles. The van der Waals surface area contributed by atoms with E-state index in [1.807, 2.05) is 44.2 Å². The smallest absolute Gasteiger partial charge is 0.301 e. The van der Waals surface area contributed by atoms with Crippen molar-refractivity contribution >= 4 is 44.1 Å². The number of carbonyl (C=O) groups excluding carboxylic acids is 2. The van der Waals surface area contributed by atoms with Crippen molar-refractivity contribution in [2.75, 3.05) is 11.5 Å². The van der Waals surface area contributed by atoms with Gasteiger partial charge in [0.2, 0.25) is 0 Å². The Bertz CT molecular complexity index is 1480. The normalized spacial score (nSPS) is 17.3. The summed E-state index contributed by atoms with van der Waals surface area (Å²) in [7, 11) is 0. The molecule has 5 rings (SSSR count). The summed E-state index contributed by atoms with van der Waals surface area (Å²) in [5.41, 5.74) is 2.49. The van der Waals surface area contributed by atoms with Crippen LogP contribution in [0.2, 0.25) is 0 Å². The first-order valence-electron chi connectivity index (χ1n) is 11.0. The highest BCUT2D eigenvalue weighted by Crippen LogP contribution is 2.44. The Kier molecular flexibility index (Phi) is 5.82. The lowest BCUT2D eigenvalue weighted by atomic mass is 9.95. The number of nitrogens with zero attached hydrogens (tertiary/aromatic N) is 2. The van der Waals surface area contributed by atoms with Gasteiger partial charge < -0.3 is 9.84 Å². The number of Topliss-reactive ketones (excluding diaryl/α,β-unsaturated/α-hetero) is 1. The summed E-state index contributed by atoms with van der Waals surface area (Å²) in [4.78, 5) is 32.5. The maximum absolute atomic E-state index is 13.5. The van der Waals surface area contributed by atoms with Crippen molar-refractivity contribution in [1.29, 1.82) is 0 Å². The molecule has 6 nitrogen and oxygen atoms in total. The summed E-state index contributed by atoms with van der Waals surface area (Å²) in [6.07, 6.45) is 0. The molecule has 4 aromatic rings. The van der Waals surface area contributed by atoms with E-state index in [-0.39, 0.29) is 16.9 Å². The molecule has 0 bridgehead atoms. The van der Waals surface area contributed by atoms with Crippen LogP contribution in [-0.4, -0.2) is 28.4 Å². The number of rotatable bonds is 5. The van der Waals surface area contributed by atoms with Gasteiger partial charge in [0.1, 0.15) is 17.3 Å². The van der Waals surface area contributed by atoms with Crippen LogP contribution in [0.15, 0.2) is 72.3 Å². The Labute approximate surface area is 204 Å². The monoisotopic (exact) mass is 488 g/mol. The van der Waals surface area contributed by atoms with Crippen LogP contribution in [0.5, 0.6) is 5.75 Å². The number of halogens is 1. The molecule has 0 spiro atoms. The van der Waals surface area contributed by atoms with E-state index in [2.05, 4.69) is 4.98 Å². The lowest BCUT2D eigenvalue weighted by Gasteiger charge is -2.23. The highest BCUT2D eigenvalue weighted by Gasteiger charge is 2.48. The highest BCUT2D eigenvalue weighted by atomic mass is 32.1. The average Bonchev–Trinajstić information content (AvgIpc) is 3.38. The van der Waals surface area contributed by atoms with Gasteiger partial charge in [0.25, 0.3) is 5.78 Å². The number of benzene rings is 3. The molecule has 1 unspecified atom stereocenters. The number of ketones is 1. The molecule has 1 aromatic heterocycles. The SMILES string of the molecule is CCOc1ccc2nc(N3C(=O)C(=O)/C(=C(/O)c4ccc(F)cc4)C3c3ccc(C)cc3)sc2c1. The number of anilines is 1. The Balaban J connectivity index is 1.69. The van der Waals surface area contributed by atoms with Crippen LogP contribution in [0, 0.1) is 12.7 Å². The van der Waals surface area contributed by atoms with Crippen LogP contribution < -0.4 is 9.64 Å². The van der Waals surface area contributed by atoms with Gasteiger partial charge in [0.15, 0.2) is 5.13 Å². The number of amides is 1. The van der Waals surface area contributed by atoms with Crippen LogP contribution in [-0.2, 0) is 9.59 Å². The quantitative estimate of drug-likeness (QED) is 0.219. The van der Waals surface area contributed by atoms with Gasteiger partial charge in [0, 0.05) is 5.56 Å². The molecule has 35 heavy (non-hydrogen) atoms. The summed E-state index contributed by atoms with van der Waals surface area (Å²) in [5, 5.41) is 11.4. The highest BCUT2D eigenvalue weighted by molar-refractivity contribution is 7.22. The summed E-state index contributed by atoms with van der Waals surface area (Å²) in [6, 6.07) is 17.1. The standard InChI is InChI=1S/C27H21FN2O4S/c1-3-34-19-12-13-20-21(14-19)35-27(29-20)30-23(16-6-4-15(2)5-7-16)22(25(32)26(30)33)24(31)17-8-10-18(28)11-9-17/h4-14,23,31H,3H2,1-2H3/b24-22+. The van der Waals surface area contributed by atoms with E-state index in [4.69, 9.17) is 4.74 Å². The summed E-state index contributed by atoms with van der Waals surface area (Å²) < 4.78 is 19.8. The molecule has 1 amide bonds. The van der Waals surface area contributed by atoms with Crippen molar-refractivity contribution in [3.05, 3.63) is 94.8 Å². The zero-order valence-electron chi connectivity index (χ0n) is 19.0. The predicted molar refractivity (Wildman–Crippen MR) is 133 cm³/mol. The van der Waals surface area contributed by atoms with E-state index in [1.165, 1.54) is 40.5 Å². The second kappa shape index (κ2) is 8.96. The molecule has 1 saturated heterocycles. The fourth-order valence-corrected chi connectivity index (χ4v) is 5.13. The van der Waals surface area contributed by atoms with Crippen molar-refractivity contribution in [3.63, 3.8) is 0 Å². The maximum atomic E-state index is 13.5. The summed E-state index contributed by atoms with van der Waals surface area (Å²) in [6.45, 7) is 4.34. The minimum absolute atomic E-state index is 0.0697. The number of aliphatic hydroxyl groups is 1. The zero-order valence-corrected chi connectivity index (χ0v) is 19.8. The van der Waals surface area contributed by atoms with Crippen molar-refractivity contribution < 1.29 is 23.8 Å². The van der Waals surface area contributed by atoms with E-state index in [9.17, 15) is 19.1 Å². The third kappa shape index (κ3) is 4.06. The Morgan fingerprint density at radius 1 is 1.09 bits per heavy atom. The second-order valence-electron chi connectivity index (χ2n) is 8.15. The average molecular weight is 489 g/mol. The van der Waals surface area contributed by atoms with Crippen LogP contribution >= 0.6 is 11.3 Å². The van der Waals surface area contributed by atoms with Gasteiger partial charge in [-0.1, -0.05) is 41.2 Å². The fraction of sp³-hybridized carbons (Fsp3) is 0.148. The minimum atomic E-state index is -0.896. The van der Waals surface area contributed by atoms with Crippen LogP contribution in [0.3, 0.4) is 0 Å². The molecule has 1 fully saturated rings. The largest absolute Gasteiger partial charge is 0.507 e. The van der Waals surface area contributed by atoms with E-state index in [1.54, 1.807) is 12.1 Å². The first-order chi connectivity index (χ1) is 16.9. The number of aryl methyl sites for hydroxylation is 1. The molecule has 3 aromatic carbocycles. The van der Waals surface area contributed by atoms with Crippen molar-refractivity contribution in [2.45, 2.75) is 19.9 Å². The minimum Gasteiger partial charge on any atom is -0.507 e. The molecule has 0 radical (unpaired) electrons. The Hall–Kier alpha value is -4.04. The lowest BCUT2D eigenvalue weighted by molar-refractivity contribution is -0.132. The van der Waals surface area contributed by atoms with Crippen LogP contribution in [0.1, 0.15) is 29.7 Å². The number of aromatic nitrogens is 1. The third-order valence-electron chi connectivity index (χ3n) is 5.82. The predicted octanol–water partition coefficient (Wildman–Crippen LogP) is 5.77. The lowest BCUT2D eigenvalue weighted by Crippen LogP contribution is -2.29. The number of thiazole rings is 1. The number of carbonyl (C=O) groups is 2. The van der Waals surface area contributed by atoms with Crippen LogP contribution in [0.4, 0.5) is 9.52 Å². The molecule has 1 aliphatic rings. The van der Waals surface area contributed by atoms with Gasteiger partial charge >= 0.3 is 5.91 Å². The van der Waals surface area contributed by atoms with Crippen molar-refractivity contribution in [1.82, 2.24) is 4.98 Å². The van der Waals surface area contributed by atoms with Gasteiger partial charge in [-0.2, -0.15) is 0 Å². The van der Waals surface area contributed by atoms with Crippen molar-refractivity contribution in [2.24, 2.45) is 0 Å². The van der Waals surface area contributed by atoms with Crippen molar-refractivity contribution in [3.8, 4) is 5.75 Å². The first-order valence-corrected chi connectivity index (χ1v) is 11.9. The number of hydrogen-bond donors (Lipinski definition) is 1. The third-order valence-corrected chi connectivity index (χ3v) is 6.84. The molecule has 1 N–H and O–H groups in total. The number of aliphatic hydroxyl groups excluding tert-OH is 1. The molecule has 176 valence electrons. The number of fused-ring (bicyclic) bond motifs is 1.